The van der Waals surface area contributed by atoms with Crippen LogP contribution in [0.1, 0.15) is 79.1 Å². The van der Waals surface area contributed by atoms with Crippen LogP contribution in [0.4, 0.5) is 0 Å². The third-order valence-corrected chi connectivity index (χ3v) is 10.0. The minimum absolute atomic E-state index is 0.0120. The average Bonchev–Trinajstić information content (AvgIpc) is 2.96. The van der Waals surface area contributed by atoms with Crippen molar-refractivity contribution >= 4 is 17.7 Å². The highest BCUT2D eigenvalue weighted by atomic mass is 16.5. The molecule has 10 heteroatoms. The summed E-state index contributed by atoms with van der Waals surface area (Å²) in [5.74, 6) is 1.18. The van der Waals surface area contributed by atoms with Gasteiger partial charge in [-0.2, -0.15) is 0 Å². The lowest BCUT2D eigenvalue weighted by molar-refractivity contribution is -0.137. The number of nitrogens with one attached hydrogen (secondary N) is 1. The van der Waals surface area contributed by atoms with E-state index in [1.165, 1.54) is 0 Å². The summed E-state index contributed by atoms with van der Waals surface area (Å²) in [7, 11) is 1.57. The molecule has 5 rings (SSSR count). The van der Waals surface area contributed by atoms with Gasteiger partial charge in [-0.05, 0) is 51.9 Å². The second-order valence-electron chi connectivity index (χ2n) is 13.6. The van der Waals surface area contributed by atoms with Crippen LogP contribution in [-0.2, 0) is 19.1 Å². The van der Waals surface area contributed by atoms with E-state index in [9.17, 15) is 19.5 Å². The van der Waals surface area contributed by atoms with E-state index in [1.54, 1.807) is 26.2 Å². The SMILES string of the molecule is COC1=CC(=O)N(C2CCN(C3=CC(=O)N(C4CCN(C5=CC(=O)NC(CC(C)C)C5)CC4)C(C)C3)CC2)C([C@@H](C)O)C1. The van der Waals surface area contributed by atoms with Gasteiger partial charge in [0.2, 0.25) is 11.8 Å². The van der Waals surface area contributed by atoms with Gasteiger partial charge in [0.15, 0.2) is 0 Å². The molecular weight excluding hydrogens is 546 g/mol. The molecule has 2 saturated heterocycles. The number of aliphatic hydroxyl groups excluding tert-OH is 1. The van der Waals surface area contributed by atoms with E-state index < -0.39 is 6.10 Å². The molecule has 3 amide bonds. The average molecular weight is 598 g/mol. The highest BCUT2D eigenvalue weighted by Gasteiger charge is 2.40. The third-order valence-electron chi connectivity index (χ3n) is 10.0. The molecule has 0 saturated carbocycles. The monoisotopic (exact) mass is 597 g/mol. The number of hydrogen-bond acceptors (Lipinski definition) is 7. The smallest absolute Gasteiger partial charge is 0.250 e. The van der Waals surface area contributed by atoms with Crippen LogP contribution in [0.2, 0.25) is 0 Å². The first-order valence-electron chi connectivity index (χ1n) is 16.3. The number of amides is 3. The fraction of sp³-hybridized carbons (Fsp3) is 0.727. The first-order chi connectivity index (χ1) is 20.5. The maximum Gasteiger partial charge on any atom is 0.250 e. The summed E-state index contributed by atoms with van der Waals surface area (Å²) < 4.78 is 5.33. The highest BCUT2D eigenvalue weighted by molar-refractivity contribution is 5.90. The second kappa shape index (κ2) is 13.3. The number of aliphatic hydroxyl groups is 1. The Balaban J connectivity index is 1.15. The summed E-state index contributed by atoms with van der Waals surface area (Å²) in [6.45, 7) is 11.6. The minimum Gasteiger partial charge on any atom is -0.501 e. The van der Waals surface area contributed by atoms with E-state index in [0.29, 0.717) is 18.1 Å². The predicted molar refractivity (Wildman–Crippen MR) is 164 cm³/mol. The minimum atomic E-state index is -0.640. The number of piperidine rings is 2. The van der Waals surface area contributed by atoms with Gasteiger partial charge in [-0.15, -0.1) is 0 Å². The lowest BCUT2D eigenvalue weighted by Crippen LogP contribution is -2.56. The van der Waals surface area contributed by atoms with Gasteiger partial charge in [-0.1, -0.05) is 13.8 Å². The first kappa shape index (κ1) is 31.4. The van der Waals surface area contributed by atoms with E-state index in [2.05, 4.69) is 40.8 Å². The van der Waals surface area contributed by atoms with Crippen LogP contribution in [-0.4, -0.2) is 112 Å². The molecule has 0 radical (unpaired) electrons. The van der Waals surface area contributed by atoms with Gasteiger partial charge in [-0.3, -0.25) is 14.4 Å². The number of carbonyl (C=O) groups excluding carboxylic acids is 3. The molecule has 3 unspecified atom stereocenters. The zero-order valence-electron chi connectivity index (χ0n) is 26.6. The molecule has 0 aliphatic carbocycles. The molecule has 4 atom stereocenters. The Morgan fingerprint density at radius 2 is 1.40 bits per heavy atom. The van der Waals surface area contributed by atoms with Crippen molar-refractivity contribution in [1.82, 2.24) is 24.9 Å². The molecule has 5 aliphatic heterocycles. The molecule has 0 aromatic heterocycles. The quantitative estimate of drug-likeness (QED) is 0.443. The van der Waals surface area contributed by atoms with Crippen molar-refractivity contribution in [2.45, 2.75) is 115 Å². The number of methoxy groups -OCH3 is 1. The number of ether oxygens (including phenoxy) is 1. The Kier molecular flexibility index (Phi) is 9.73. The number of carbonyl (C=O) groups is 3. The van der Waals surface area contributed by atoms with Gasteiger partial charge in [0.05, 0.1) is 19.3 Å². The van der Waals surface area contributed by atoms with Crippen molar-refractivity contribution in [2.24, 2.45) is 5.92 Å². The second-order valence-corrected chi connectivity index (χ2v) is 13.6. The van der Waals surface area contributed by atoms with E-state index in [4.69, 9.17) is 4.74 Å². The van der Waals surface area contributed by atoms with E-state index in [0.717, 1.165) is 82.5 Å². The lowest BCUT2D eigenvalue weighted by Gasteiger charge is -2.48. The van der Waals surface area contributed by atoms with Gasteiger partial charge < -0.3 is 34.8 Å². The lowest BCUT2D eigenvalue weighted by atomic mass is 9.92. The van der Waals surface area contributed by atoms with Crippen LogP contribution in [0.3, 0.4) is 0 Å². The van der Waals surface area contributed by atoms with E-state index >= 15 is 0 Å². The van der Waals surface area contributed by atoms with E-state index in [1.807, 2.05) is 11.0 Å². The molecule has 0 bridgehead atoms. The zero-order valence-corrected chi connectivity index (χ0v) is 26.6. The Morgan fingerprint density at radius 3 is 1.93 bits per heavy atom. The molecule has 43 heavy (non-hydrogen) atoms. The number of likely N-dealkylation sites (tertiary alicyclic amines) is 2. The third kappa shape index (κ3) is 7.05. The first-order valence-corrected chi connectivity index (χ1v) is 16.3. The fourth-order valence-corrected chi connectivity index (χ4v) is 7.94. The molecule has 10 nitrogen and oxygen atoms in total. The molecule has 5 heterocycles. The Bertz CT molecular complexity index is 1150. The van der Waals surface area contributed by atoms with Crippen molar-refractivity contribution in [2.75, 3.05) is 33.3 Å². The number of nitrogens with zero attached hydrogens (tertiary/aromatic N) is 4. The largest absolute Gasteiger partial charge is 0.501 e. The molecule has 0 spiro atoms. The van der Waals surface area contributed by atoms with Crippen LogP contribution in [0.25, 0.3) is 0 Å². The zero-order chi connectivity index (χ0) is 30.8. The normalized spacial score (nSPS) is 29.0. The summed E-state index contributed by atoms with van der Waals surface area (Å²) in [6, 6.07) is 0.301. The predicted octanol–water partition coefficient (Wildman–Crippen LogP) is 2.75. The van der Waals surface area contributed by atoms with Crippen LogP contribution >= 0.6 is 0 Å². The Labute approximate surface area is 256 Å². The molecule has 2 N–H and O–H groups in total. The maximum absolute atomic E-state index is 13.5. The van der Waals surface area contributed by atoms with E-state index in [-0.39, 0.29) is 47.9 Å². The molecule has 2 fully saturated rings. The summed E-state index contributed by atoms with van der Waals surface area (Å²) in [5, 5.41) is 13.5. The fourth-order valence-electron chi connectivity index (χ4n) is 7.94. The van der Waals surface area contributed by atoms with Crippen LogP contribution in [0.5, 0.6) is 0 Å². The van der Waals surface area contributed by atoms with Crippen molar-refractivity contribution < 1.29 is 24.2 Å². The Hall–Kier alpha value is -3.01. The summed E-state index contributed by atoms with van der Waals surface area (Å²) in [6.07, 6.45) is 11.2. The number of rotatable bonds is 8. The maximum atomic E-state index is 13.5. The van der Waals surface area contributed by atoms with Crippen molar-refractivity contribution in [3.63, 3.8) is 0 Å². The number of hydrogen-bond donors (Lipinski definition) is 2. The molecule has 0 aromatic rings. The van der Waals surface area contributed by atoms with Gasteiger partial charge in [0, 0.05) is 99.2 Å². The topological polar surface area (TPSA) is 106 Å². The van der Waals surface area contributed by atoms with Gasteiger partial charge in [-0.25, -0.2) is 0 Å². The van der Waals surface area contributed by atoms with Gasteiger partial charge in [0.1, 0.15) is 5.76 Å². The molecule has 0 aromatic carbocycles. The van der Waals surface area contributed by atoms with Crippen molar-refractivity contribution in [3.8, 4) is 0 Å². The summed E-state index contributed by atoms with van der Waals surface area (Å²) >= 11 is 0. The van der Waals surface area contributed by atoms with Crippen molar-refractivity contribution in [3.05, 3.63) is 35.4 Å². The molecule has 5 aliphatic rings. The van der Waals surface area contributed by atoms with Crippen LogP contribution in [0.15, 0.2) is 35.4 Å². The summed E-state index contributed by atoms with van der Waals surface area (Å²) in [4.78, 5) is 47.4. The van der Waals surface area contributed by atoms with Crippen molar-refractivity contribution in [1.29, 1.82) is 0 Å². The van der Waals surface area contributed by atoms with Gasteiger partial charge in [0.25, 0.3) is 5.91 Å². The summed E-state index contributed by atoms with van der Waals surface area (Å²) in [5.41, 5.74) is 2.23. The van der Waals surface area contributed by atoms with Gasteiger partial charge >= 0.3 is 0 Å². The molecule has 238 valence electrons. The highest BCUT2D eigenvalue weighted by Crippen LogP contribution is 2.33. The molecular formula is C33H51N5O5. The standard InChI is InChI=1S/C33H51N5O5/c1-21(2)14-24-16-28(17-31(40)34-24)36-10-6-25(7-11-36)37-22(3)15-27(18-32(37)41)35-12-8-26(9-13-35)38-30(23(4)39)19-29(43-5)20-33(38)42/h17-18,20-26,30,39H,6-16,19H2,1-5H3,(H,34,40)/t22?,23-,24?,30?/m1/s1. The van der Waals surface area contributed by atoms with Crippen LogP contribution < -0.4 is 5.32 Å². The van der Waals surface area contributed by atoms with Crippen LogP contribution in [0, 0.1) is 5.92 Å². The Morgan fingerprint density at radius 1 is 0.837 bits per heavy atom.